The van der Waals surface area contributed by atoms with E-state index in [2.05, 4.69) is 14.9 Å². The summed E-state index contributed by atoms with van der Waals surface area (Å²) < 4.78 is 24.3. The van der Waals surface area contributed by atoms with Gasteiger partial charge >= 0.3 is 6.03 Å². The van der Waals surface area contributed by atoms with Crippen LogP contribution in [0.3, 0.4) is 0 Å². The Bertz CT molecular complexity index is 699. The first-order chi connectivity index (χ1) is 10.8. The van der Waals surface area contributed by atoms with Crippen molar-refractivity contribution in [2.24, 2.45) is 0 Å². The van der Waals surface area contributed by atoms with Gasteiger partial charge in [-0.15, -0.1) is 0 Å². The van der Waals surface area contributed by atoms with E-state index in [-0.39, 0.29) is 29.6 Å². The Kier molecular flexibility index (Phi) is 4.09. The summed E-state index contributed by atoms with van der Waals surface area (Å²) in [5.41, 5.74) is 1.93. The summed E-state index contributed by atoms with van der Waals surface area (Å²) in [7, 11) is 0.264. The van der Waals surface area contributed by atoms with Gasteiger partial charge < -0.3 is 14.8 Å². The molecule has 9 heteroatoms. The number of piperazine rings is 1. The lowest BCUT2D eigenvalue weighted by atomic mass is 10.0. The second-order valence-electron chi connectivity index (χ2n) is 6.53. The molecule has 0 spiro atoms. The van der Waals surface area contributed by atoms with Crippen LogP contribution in [0.5, 0.6) is 0 Å². The Morgan fingerprint density at radius 1 is 1.35 bits per heavy atom. The first-order valence-electron chi connectivity index (χ1n) is 7.70. The number of aromatic amines is 1. The van der Waals surface area contributed by atoms with Gasteiger partial charge in [0.05, 0.1) is 29.6 Å². The normalized spacial score (nSPS) is 27.0. The van der Waals surface area contributed by atoms with Gasteiger partial charge in [-0.25, -0.2) is 18.2 Å². The molecule has 2 aliphatic heterocycles. The molecular weight excluding hydrogens is 318 g/mol. The minimum absolute atomic E-state index is 0.0489. The molecule has 1 N–H and O–H groups in total. The molecule has 2 saturated heterocycles. The van der Waals surface area contributed by atoms with Crippen molar-refractivity contribution in [2.75, 3.05) is 38.7 Å². The molecule has 0 unspecified atom stereocenters. The summed E-state index contributed by atoms with van der Waals surface area (Å²) >= 11 is 0. The SMILES string of the molecule is Cc1[nH]cnc1CN1CCN(C(=O)N(C)C)[C@H]2CS(=O)(=O)C[C@H]21. The lowest BCUT2D eigenvalue weighted by Crippen LogP contribution is -2.61. The third-order valence-corrected chi connectivity index (χ3v) is 6.41. The molecule has 0 saturated carbocycles. The Morgan fingerprint density at radius 2 is 2.04 bits per heavy atom. The lowest BCUT2D eigenvalue weighted by molar-refractivity contribution is 0.0513. The van der Waals surface area contributed by atoms with Gasteiger partial charge in [0.1, 0.15) is 0 Å². The average Bonchev–Trinajstić information content (AvgIpc) is 3.01. The zero-order valence-electron chi connectivity index (χ0n) is 13.7. The van der Waals surface area contributed by atoms with Crippen LogP contribution in [0.15, 0.2) is 6.33 Å². The minimum Gasteiger partial charge on any atom is -0.348 e. The number of hydrogen-bond donors (Lipinski definition) is 1. The Labute approximate surface area is 136 Å². The van der Waals surface area contributed by atoms with Crippen LogP contribution in [0, 0.1) is 6.92 Å². The van der Waals surface area contributed by atoms with E-state index in [1.165, 1.54) is 4.90 Å². The highest BCUT2D eigenvalue weighted by Crippen LogP contribution is 2.28. The van der Waals surface area contributed by atoms with Gasteiger partial charge in [-0.2, -0.15) is 0 Å². The van der Waals surface area contributed by atoms with E-state index in [0.29, 0.717) is 19.6 Å². The molecule has 3 rings (SSSR count). The maximum atomic E-state index is 12.4. The molecule has 1 aromatic rings. The second-order valence-corrected chi connectivity index (χ2v) is 8.68. The summed E-state index contributed by atoms with van der Waals surface area (Å²) in [6.07, 6.45) is 1.65. The maximum Gasteiger partial charge on any atom is 0.319 e. The fourth-order valence-electron chi connectivity index (χ4n) is 3.45. The van der Waals surface area contributed by atoms with Crippen molar-refractivity contribution in [3.8, 4) is 0 Å². The Morgan fingerprint density at radius 3 is 2.65 bits per heavy atom. The van der Waals surface area contributed by atoms with Crippen molar-refractivity contribution in [3.63, 3.8) is 0 Å². The van der Waals surface area contributed by atoms with Crippen LogP contribution >= 0.6 is 0 Å². The molecule has 23 heavy (non-hydrogen) atoms. The minimum atomic E-state index is -3.13. The van der Waals surface area contributed by atoms with Gasteiger partial charge in [0.2, 0.25) is 0 Å². The van der Waals surface area contributed by atoms with Crippen molar-refractivity contribution in [1.82, 2.24) is 24.7 Å². The average molecular weight is 341 g/mol. The molecule has 3 heterocycles. The van der Waals surface area contributed by atoms with Crippen LogP contribution in [-0.2, 0) is 16.4 Å². The van der Waals surface area contributed by atoms with E-state index >= 15 is 0 Å². The number of fused-ring (bicyclic) bond motifs is 1. The number of H-pyrrole nitrogens is 1. The fraction of sp³-hybridized carbons (Fsp3) is 0.714. The van der Waals surface area contributed by atoms with Crippen LogP contribution in [0.2, 0.25) is 0 Å². The van der Waals surface area contributed by atoms with Crippen molar-refractivity contribution < 1.29 is 13.2 Å². The van der Waals surface area contributed by atoms with Gasteiger partial charge in [0.15, 0.2) is 9.84 Å². The van der Waals surface area contributed by atoms with E-state index in [4.69, 9.17) is 0 Å². The summed E-state index contributed by atoms with van der Waals surface area (Å²) in [5.74, 6) is 0.158. The van der Waals surface area contributed by atoms with Crippen LogP contribution in [0.1, 0.15) is 11.4 Å². The van der Waals surface area contributed by atoms with Gasteiger partial charge in [0.25, 0.3) is 0 Å². The molecule has 8 nitrogen and oxygen atoms in total. The molecule has 0 bridgehead atoms. The van der Waals surface area contributed by atoms with Crippen LogP contribution in [0.25, 0.3) is 0 Å². The van der Waals surface area contributed by atoms with Gasteiger partial charge in [-0.1, -0.05) is 0 Å². The number of aryl methyl sites for hydroxylation is 1. The third kappa shape index (κ3) is 3.07. The number of carbonyl (C=O) groups excluding carboxylic acids is 1. The van der Waals surface area contributed by atoms with E-state index in [1.54, 1.807) is 25.3 Å². The topological polar surface area (TPSA) is 89.6 Å². The standard InChI is InChI=1S/C14H23N5O3S/c1-10-11(16-9-15-10)6-18-4-5-19(14(20)17(2)3)13-8-23(21,22)7-12(13)18/h9,12-13H,4-8H2,1-3H3,(H,15,16)/t12-,13+/m1/s1. The fourth-order valence-corrected chi connectivity index (χ4v) is 5.47. The monoisotopic (exact) mass is 341 g/mol. The summed E-state index contributed by atoms with van der Waals surface area (Å²) in [4.78, 5) is 25.1. The number of aromatic nitrogens is 2. The molecule has 0 aliphatic carbocycles. The van der Waals surface area contributed by atoms with Crippen LogP contribution < -0.4 is 0 Å². The van der Waals surface area contributed by atoms with E-state index in [0.717, 1.165) is 11.4 Å². The van der Waals surface area contributed by atoms with E-state index in [1.807, 2.05) is 6.92 Å². The zero-order valence-corrected chi connectivity index (χ0v) is 14.5. The van der Waals surface area contributed by atoms with Crippen molar-refractivity contribution >= 4 is 15.9 Å². The number of rotatable bonds is 2. The number of amides is 2. The number of carbonyl (C=O) groups is 1. The molecule has 2 fully saturated rings. The van der Waals surface area contributed by atoms with E-state index < -0.39 is 9.84 Å². The van der Waals surface area contributed by atoms with E-state index in [9.17, 15) is 13.2 Å². The summed E-state index contributed by atoms with van der Waals surface area (Å²) in [5, 5.41) is 0. The summed E-state index contributed by atoms with van der Waals surface area (Å²) in [6.45, 7) is 3.76. The van der Waals surface area contributed by atoms with Crippen molar-refractivity contribution in [1.29, 1.82) is 0 Å². The van der Waals surface area contributed by atoms with Crippen molar-refractivity contribution in [3.05, 3.63) is 17.7 Å². The Balaban J connectivity index is 1.84. The first kappa shape index (κ1) is 16.3. The molecule has 2 aliphatic rings. The number of sulfone groups is 1. The largest absolute Gasteiger partial charge is 0.348 e. The molecule has 2 amide bonds. The van der Waals surface area contributed by atoms with Gasteiger partial charge in [-0.3, -0.25) is 4.90 Å². The molecule has 0 aromatic carbocycles. The number of urea groups is 1. The number of nitrogens with zero attached hydrogens (tertiary/aromatic N) is 4. The number of imidazole rings is 1. The number of nitrogens with one attached hydrogen (secondary N) is 1. The lowest BCUT2D eigenvalue weighted by Gasteiger charge is -2.44. The zero-order chi connectivity index (χ0) is 16.8. The van der Waals surface area contributed by atoms with Crippen LogP contribution in [-0.4, -0.2) is 89.9 Å². The molecule has 0 radical (unpaired) electrons. The van der Waals surface area contributed by atoms with Crippen molar-refractivity contribution in [2.45, 2.75) is 25.6 Å². The highest BCUT2D eigenvalue weighted by atomic mass is 32.2. The quantitative estimate of drug-likeness (QED) is 0.796. The van der Waals surface area contributed by atoms with Gasteiger partial charge in [0, 0.05) is 45.5 Å². The van der Waals surface area contributed by atoms with Crippen LogP contribution in [0.4, 0.5) is 4.79 Å². The Hall–Kier alpha value is -1.61. The maximum absolute atomic E-state index is 12.4. The molecule has 1 aromatic heterocycles. The predicted octanol–water partition coefficient (Wildman–Crippen LogP) is -0.317. The third-order valence-electron chi connectivity index (χ3n) is 4.71. The number of hydrogen-bond acceptors (Lipinski definition) is 5. The van der Waals surface area contributed by atoms with Gasteiger partial charge in [-0.05, 0) is 6.92 Å². The second kappa shape index (κ2) is 5.79. The highest BCUT2D eigenvalue weighted by Gasteiger charge is 2.48. The molecule has 128 valence electrons. The molecular formula is C14H23N5O3S. The molecule has 2 atom stereocenters. The predicted molar refractivity (Wildman–Crippen MR) is 85.8 cm³/mol. The summed E-state index contributed by atoms with van der Waals surface area (Å²) in [6, 6.07) is -0.552. The smallest absolute Gasteiger partial charge is 0.319 e. The highest BCUT2D eigenvalue weighted by molar-refractivity contribution is 7.91. The first-order valence-corrected chi connectivity index (χ1v) is 9.52.